The highest BCUT2D eigenvalue weighted by molar-refractivity contribution is 7.90. The SMILES string of the molecule is Cc1ccc(-c2cc(NC(=O)COc3ccc(S(C)(=O)=O)cc3)n(-c3ccccc3)n2)cc1. The van der Waals surface area contributed by atoms with Crippen LogP contribution >= 0.6 is 0 Å². The van der Waals surface area contributed by atoms with E-state index in [1.54, 1.807) is 4.68 Å². The second-order valence-corrected chi connectivity index (χ2v) is 9.62. The minimum atomic E-state index is -3.29. The number of anilines is 1. The van der Waals surface area contributed by atoms with Crippen molar-refractivity contribution in [2.75, 3.05) is 18.2 Å². The summed E-state index contributed by atoms with van der Waals surface area (Å²) in [5.41, 5.74) is 3.62. The Morgan fingerprint density at radius 1 is 0.970 bits per heavy atom. The van der Waals surface area contributed by atoms with Gasteiger partial charge in [0.2, 0.25) is 0 Å². The number of aromatic nitrogens is 2. The summed E-state index contributed by atoms with van der Waals surface area (Å²) in [6.45, 7) is 1.78. The smallest absolute Gasteiger partial charge is 0.263 e. The molecule has 0 bridgehead atoms. The molecule has 0 spiro atoms. The lowest BCUT2D eigenvalue weighted by molar-refractivity contribution is -0.118. The molecule has 0 aliphatic heterocycles. The van der Waals surface area contributed by atoms with Crippen LogP contribution in [-0.4, -0.2) is 37.0 Å². The van der Waals surface area contributed by atoms with Crippen molar-refractivity contribution in [1.29, 1.82) is 0 Å². The van der Waals surface area contributed by atoms with Crippen LogP contribution in [0.5, 0.6) is 5.75 Å². The zero-order chi connectivity index (χ0) is 23.4. The van der Waals surface area contributed by atoms with Gasteiger partial charge in [-0.1, -0.05) is 48.0 Å². The van der Waals surface area contributed by atoms with E-state index < -0.39 is 9.84 Å². The lowest BCUT2D eigenvalue weighted by Crippen LogP contribution is -2.21. The van der Waals surface area contributed by atoms with Gasteiger partial charge in [0.15, 0.2) is 16.4 Å². The maximum Gasteiger partial charge on any atom is 0.263 e. The number of aryl methyl sites for hydroxylation is 1. The Balaban J connectivity index is 1.52. The number of nitrogens with zero attached hydrogens (tertiary/aromatic N) is 2. The Morgan fingerprint density at radius 2 is 1.64 bits per heavy atom. The Kier molecular flexibility index (Phi) is 6.28. The van der Waals surface area contributed by atoms with Crippen LogP contribution in [0.25, 0.3) is 16.9 Å². The number of benzene rings is 3. The Hall–Kier alpha value is -3.91. The van der Waals surface area contributed by atoms with Gasteiger partial charge < -0.3 is 10.1 Å². The number of carbonyl (C=O) groups is 1. The van der Waals surface area contributed by atoms with E-state index >= 15 is 0 Å². The molecular weight excluding hydrogens is 438 g/mol. The minimum Gasteiger partial charge on any atom is -0.484 e. The zero-order valence-electron chi connectivity index (χ0n) is 18.2. The van der Waals surface area contributed by atoms with Crippen LogP contribution in [0, 0.1) is 6.92 Å². The number of para-hydroxylation sites is 1. The molecule has 4 aromatic rings. The lowest BCUT2D eigenvalue weighted by atomic mass is 10.1. The molecule has 0 aliphatic rings. The van der Waals surface area contributed by atoms with Crippen molar-refractivity contribution in [2.45, 2.75) is 11.8 Å². The summed E-state index contributed by atoms with van der Waals surface area (Å²) in [4.78, 5) is 12.8. The van der Waals surface area contributed by atoms with Gasteiger partial charge in [0.05, 0.1) is 16.3 Å². The Labute approximate surface area is 192 Å². The van der Waals surface area contributed by atoms with E-state index in [1.807, 2.05) is 67.6 Å². The molecule has 0 saturated carbocycles. The van der Waals surface area contributed by atoms with Gasteiger partial charge in [0, 0.05) is 17.9 Å². The predicted octanol–water partition coefficient (Wildman–Crippen LogP) is 4.27. The van der Waals surface area contributed by atoms with Gasteiger partial charge in [0.1, 0.15) is 11.6 Å². The monoisotopic (exact) mass is 461 g/mol. The number of nitrogens with one attached hydrogen (secondary N) is 1. The van der Waals surface area contributed by atoms with Crippen molar-refractivity contribution in [3.8, 4) is 22.7 Å². The van der Waals surface area contributed by atoms with E-state index in [4.69, 9.17) is 4.74 Å². The van der Waals surface area contributed by atoms with E-state index in [9.17, 15) is 13.2 Å². The van der Waals surface area contributed by atoms with Gasteiger partial charge in [-0.15, -0.1) is 0 Å². The summed E-state index contributed by atoms with van der Waals surface area (Å²) in [6, 6.07) is 25.3. The first-order valence-electron chi connectivity index (χ1n) is 10.2. The average molecular weight is 462 g/mol. The molecule has 1 N–H and O–H groups in total. The van der Waals surface area contributed by atoms with E-state index in [2.05, 4.69) is 10.4 Å². The quantitative estimate of drug-likeness (QED) is 0.444. The van der Waals surface area contributed by atoms with Crippen molar-refractivity contribution >= 4 is 21.6 Å². The zero-order valence-corrected chi connectivity index (χ0v) is 19.0. The third-order valence-electron chi connectivity index (χ3n) is 4.95. The van der Waals surface area contributed by atoms with Crippen molar-refractivity contribution in [3.63, 3.8) is 0 Å². The predicted molar refractivity (Wildman–Crippen MR) is 127 cm³/mol. The van der Waals surface area contributed by atoms with E-state index in [0.29, 0.717) is 11.6 Å². The average Bonchev–Trinajstić information content (AvgIpc) is 3.22. The fourth-order valence-corrected chi connectivity index (χ4v) is 3.84. The normalized spacial score (nSPS) is 11.2. The summed E-state index contributed by atoms with van der Waals surface area (Å²) in [7, 11) is -3.29. The molecule has 0 aliphatic carbocycles. The van der Waals surface area contributed by atoms with Crippen LogP contribution < -0.4 is 10.1 Å². The molecular formula is C25H23N3O4S. The summed E-state index contributed by atoms with van der Waals surface area (Å²) in [6.07, 6.45) is 1.14. The summed E-state index contributed by atoms with van der Waals surface area (Å²) in [5, 5.41) is 7.55. The van der Waals surface area contributed by atoms with Gasteiger partial charge in [-0.3, -0.25) is 4.79 Å². The molecule has 8 heteroatoms. The molecule has 3 aromatic carbocycles. The van der Waals surface area contributed by atoms with E-state index in [-0.39, 0.29) is 17.4 Å². The highest BCUT2D eigenvalue weighted by atomic mass is 32.2. The number of ether oxygens (including phenoxy) is 1. The molecule has 1 amide bonds. The van der Waals surface area contributed by atoms with Crippen LogP contribution in [0.15, 0.2) is 89.8 Å². The second kappa shape index (κ2) is 9.30. The largest absolute Gasteiger partial charge is 0.484 e. The van der Waals surface area contributed by atoms with Gasteiger partial charge in [0.25, 0.3) is 5.91 Å². The first-order chi connectivity index (χ1) is 15.8. The van der Waals surface area contributed by atoms with Gasteiger partial charge in [-0.05, 0) is 43.3 Å². The van der Waals surface area contributed by atoms with E-state index in [0.717, 1.165) is 28.8 Å². The first-order valence-corrected chi connectivity index (χ1v) is 12.1. The molecule has 168 valence electrons. The van der Waals surface area contributed by atoms with Gasteiger partial charge in [-0.2, -0.15) is 5.10 Å². The summed E-state index contributed by atoms with van der Waals surface area (Å²) < 4.78 is 30.3. The standard InChI is InChI=1S/C25H23N3O4S/c1-18-8-10-19(11-9-18)23-16-24(28(27-23)20-6-4-3-5-7-20)26-25(29)17-32-21-12-14-22(15-13-21)33(2,30)31/h3-16H,17H2,1-2H3,(H,26,29). The number of hydrogen-bond donors (Lipinski definition) is 1. The minimum absolute atomic E-state index is 0.190. The van der Waals surface area contributed by atoms with Crippen molar-refractivity contribution in [2.24, 2.45) is 0 Å². The van der Waals surface area contributed by atoms with Gasteiger partial charge >= 0.3 is 0 Å². The summed E-state index contributed by atoms with van der Waals surface area (Å²) in [5.74, 6) is 0.544. The van der Waals surface area contributed by atoms with Gasteiger partial charge in [-0.25, -0.2) is 13.1 Å². The topological polar surface area (TPSA) is 90.3 Å². The van der Waals surface area contributed by atoms with Crippen LogP contribution in [0.2, 0.25) is 0 Å². The van der Waals surface area contributed by atoms with Crippen LogP contribution in [0.3, 0.4) is 0 Å². The maximum atomic E-state index is 12.6. The molecule has 33 heavy (non-hydrogen) atoms. The third kappa shape index (κ3) is 5.48. The van der Waals surface area contributed by atoms with Crippen molar-refractivity contribution in [1.82, 2.24) is 9.78 Å². The first kappa shape index (κ1) is 22.3. The molecule has 7 nitrogen and oxygen atoms in total. The molecule has 0 atom stereocenters. The Bertz CT molecular complexity index is 1360. The van der Waals surface area contributed by atoms with Crippen LogP contribution in [-0.2, 0) is 14.6 Å². The van der Waals surface area contributed by atoms with E-state index in [1.165, 1.54) is 24.3 Å². The molecule has 0 unspecified atom stereocenters. The third-order valence-corrected chi connectivity index (χ3v) is 6.08. The van der Waals surface area contributed by atoms with Crippen LogP contribution in [0.4, 0.5) is 5.82 Å². The van der Waals surface area contributed by atoms with Crippen molar-refractivity contribution in [3.05, 3.63) is 90.5 Å². The number of hydrogen-bond acceptors (Lipinski definition) is 5. The fourth-order valence-electron chi connectivity index (χ4n) is 3.21. The summed E-state index contributed by atoms with van der Waals surface area (Å²) >= 11 is 0. The lowest BCUT2D eigenvalue weighted by Gasteiger charge is -2.10. The molecule has 1 heterocycles. The highest BCUT2D eigenvalue weighted by Crippen LogP contribution is 2.25. The molecule has 0 radical (unpaired) electrons. The fraction of sp³-hybridized carbons (Fsp3) is 0.120. The molecule has 4 rings (SSSR count). The molecule has 0 fully saturated rings. The number of rotatable bonds is 7. The molecule has 0 saturated heterocycles. The Morgan fingerprint density at radius 3 is 2.27 bits per heavy atom. The second-order valence-electron chi connectivity index (χ2n) is 7.61. The number of sulfone groups is 1. The van der Waals surface area contributed by atoms with Crippen molar-refractivity contribution < 1.29 is 17.9 Å². The number of amides is 1. The number of carbonyl (C=O) groups excluding carboxylic acids is 1. The van der Waals surface area contributed by atoms with Crippen LogP contribution in [0.1, 0.15) is 5.56 Å². The molecule has 1 aromatic heterocycles. The maximum absolute atomic E-state index is 12.6. The highest BCUT2D eigenvalue weighted by Gasteiger charge is 2.14.